The van der Waals surface area contributed by atoms with Gasteiger partial charge in [-0.1, -0.05) is 9.05 Å². The zero-order valence-electron chi connectivity index (χ0n) is 6.31. The fourth-order valence-corrected chi connectivity index (χ4v) is 0.448. The summed E-state index contributed by atoms with van der Waals surface area (Å²) in [5, 5.41) is 0. The molecule has 62 valence electrons. The largest absolute Gasteiger partial charge is 1.00 e. The molecule has 0 aliphatic heterocycles. The Balaban J connectivity index is -0.000000405. The van der Waals surface area contributed by atoms with E-state index in [1.807, 2.05) is 0 Å². The van der Waals surface area contributed by atoms with Gasteiger partial charge < -0.3 is 11.2 Å². The van der Waals surface area contributed by atoms with Crippen LogP contribution in [0.5, 0.6) is 0 Å². The van der Waals surface area contributed by atoms with Gasteiger partial charge in [-0.25, -0.2) is 4.57 Å². The van der Waals surface area contributed by atoms with Crippen LogP contribution in [-0.2, 0) is 18.7 Å². The first-order chi connectivity index (χ1) is 4.49. The van der Waals surface area contributed by atoms with Crippen LogP contribution < -0.4 is 18.9 Å². The molecular formula is H3BF2LiO6P. The summed E-state index contributed by atoms with van der Waals surface area (Å²) in [6.07, 6.45) is 0. The number of rotatable bonds is 4. The fourth-order valence-electron chi connectivity index (χ4n) is 0.158. The molecule has 11 heavy (non-hydrogen) atoms. The first-order valence-electron chi connectivity index (χ1n) is 1.78. The number of phosphoric acid groups is 1. The van der Waals surface area contributed by atoms with E-state index >= 15 is 0 Å². The molecule has 0 aromatic carbocycles. The van der Waals surface area contributed by atoms with Crippen LogP contribution in [0.1, 0.15) is 1.43 Å². The average molecular weight is 186 g/mol. The Kier molecular flexibility index (Phi) is 7.83. The first-order valence-corrected chi connectivity index (χ1v) is 3.31. The second kappa shape index (κ2) is 6.11. The van der Waals surface area contributed by atoms with Crippen LogP contribution in [0.3, 0.4) is 0 Å². The monoisotopic (exact) mass is 186 g/mol. The summed E-state index contributed by atoms with van der Waals surface area (Å²) in [4.78, 5) is 20.6. The maximum Gasteiger partial charge on any atom is 1.00 e. The van der Waals surface area contributed by atoms with E-state index in [0.29, 0.717) is 0 Å². The Morgan fingerprint density at radius 1 is 1.36 bits per heavy atom. The molecule has 0 amide bonds. The molecule has 0 aliphatic rings. The van der Waals surface area contributed by atoms with Gasteiger partial charge in [0.2, 0.25) is 0 Å². The van der Waals surface area contributed by atoms with Crippen molar-refractivity contribution in [2.75, 3.05) is 0 Å². The van der Waals surface area contributed by atoms with Crippen LogP contribution in [-0.4, -0.2) is 17.1 Å². The van der Waals surface area contributed by atoms with E-state index in [1.54, 1.807) is 0 Å². The molecular weight excluding hydrogens is 183 g/mol. The van der Waals surface area contributed by atoms with Crippen molar-refractivity contribution in [1.29, 1.82) is 0 Å². The Morgan fingerprint density at radius 3 is 1.82 bits per heavy atom. The van der Waals surface area contributed by atoms with Gasteiger partial charge in [-0.15, -0.1) is 0 Å². The molecule has 0 saturated heterocycles. The second-order valence-electron chi connectivity index (χ2n) is 1.06. The predicted octanol–water partition coefficient (Wildman–Crippen LogP) is -3.00. The molecule has 0 unspecified atom stereocenters. The molecule has 0 atom stereocenters. The van der Waals surface area contributed by atoms with E-state index in [9.17, 15) is 13.6 Å². The summed E-state index contributed by atoms with van der Waals surface area (Å²) >= 11 is 0. The molecule has 0 aromatic rings. The summed E-state index contributed by atoms with van der Waals surface area (Å²) in [6, 6.07) is 0. The van der Waals surface area contributed by atoms with Crippen LogP contribution in [0.15, 0.2) is 0 Å². The smallest absolute Gasteiger partial charge is 1.00 e. The van der Waals surface area contributed by atoms with E-state index in [0.717, 1.165) is 0 Å². The first kappa shape index (κ1) is 14.1. The standard InChI is InChI=1S/BF2H2O6P.Li.H/c2-7-1(8-3)9-10(4,5)6;;/h(H2,4,5,6);;/q;+1;-1. The van der Waals surface area contributed by atoms with Crippen molar-refractivity contribution >= 4 is 15.1 Å². The van der Waals surface area contributed by atoms with Crippen LogP contribution in [0.4, 0.5) is 9.05 Å². The van der Waals surface area contributed by atoms with Crippen molar-refractivity contribution in [3.63, 3.8) is 0 Å². The second-order valence-corrected chi connectivity index (χ2v) is 2.25. The van der Waals surface area contributed by atoms with E-state index in [1.165, 1.54) is 0 Å². The molecule has 0 aliphatic carbocycles. The van der Waals surface area contributed by atoms with Gasteiger partial charge in [0, 0.05) is 0 Å². The van der Waals surface area contributed by atoms with Gasteiger partial charge in [0.05, 0.1) is 0 Å². The van der Waals surface area contributed by atoms with Crippen molar-refractivity contribution in [2.45, 2.75) is 0 Å². The molecule has 0 saturated carbocycles. The summed E-state index contributed by atoms with van der Waals surface area (Å²) in [7, 11) is -7.64. The van der Waals surface area contributed by atoms with E-state index in [4.69, 9.17) is 9.79 Å². The molecule has 0 fully saturated rings. The van der Waals surface area contributed by atoms with Gasteiger partial charge in [0.15, 0.2) is 0 Å². The normalized spacial score (nSPS) is 10.5. The van der Waals surface area contributed by atoms with Crippen molar-refractivity contribution in [3.8, 4) is 0 Å². The predicted molar refractivity (Wildman–Crippen MR) is 24.4 cm³/mol. The maximum absolute atomic E-state index is 10.9. The van der Waals surface area contributed by atoms with Crippen LogP contribution in [0.25, 0.3) is 0 Å². The van der Waals surface area contributed by atoms with Crippen LogP contribution in [0, 0.1) is 0 Å². The Morgan fingerprint density at radius 2 is 1.73 bits per heavy atom. The van der Waals surface area contributed by atoms with Gasteiger partial charge in [-0.05, 0) is 0 Å². The van der Waals surface area contributed by atoms with E-state index in [-0.39, 0.29) is 20.3 Å². The summed E-state index contributed by atoms with van der Waals surface area (Å²) in [5.74, 6) is 0. The minimum atomic E-state index is -4.98. The number of hydrogen-bond donors (Lipinski definition) is 2. The summed E-state index contributed by atoms with van der Waals surface area (Å²) in [5.41, 5.74) is 0. The Labute approximate surface area is 73.7 Å². The Bertz CT molecular complexity index is 138. The quantitative estimate of drug-likeness (QED) is 0.359. The zero-order valence-corrected chi connectivity index (χ0v) is 6.20. The molecule has 0 aromatic heterocycles. The fraction of sp³-hybridized carbons (Fsp3) is 0. The van der Waals surface area contributed by atoms with Gasteiger partial charge in [-0.3, -0.25) is 4.44 Å². The molecule has 0 bridgehead atoms. The number of halogens is 2. The Hall–Kier alpha value is 0.552. The summed E-state index contributed by atoms with van der Waals surface area (Å²) in [6.45, 7) is 0. The van der Waals surface area contributed by atoms with Gasteiger partial charge in [0.25, 0.3) is 0 Å². The van der Waals surface area contributed by atoms with Crippen molar-refractivity contribution < 1.29 is 57.9 Å². The van der Waals surface area contributed by atoms with E-state index in [2.05, 4.69) is 14.2 Å². The molecule has 0 spiro atoms. The molecule has 0 heterocycles. The molecule has 11 heteroatoms. The van der Waals surface area contributed by atoms with Gasteiger partial charge >= 0.3 is 34.0 Å². The zero-order chi connectivity index (χ0) is 8.20. The average Bonchev–Trinajstić information content (AvgIpc) is 1.81. The van der Waals surface area contributed by atoms with Crippen molar-refractivity contribution in [3.05, 3.63) is 0 Å². The minimum absolute atomic E-state index is 0. The number of hydrogen-bond acceptors (Lipinski definition) is 4. The van der Waals surface area contributed by atoms with Crippen LogP contribution >= 0.6 is 7.82 Å². The topological polar surface area (TPSA) is 85.2 Å². The third kappa shape index (κ3) is 8.46. The third-order valence-corrected chi connectivity index (χ3v) is 0.816. The van der Waals surface area contributed by atoms with Gasteiger partial charge in [-0.2, -0.15) is 9.72 Å². The van der Waals surface area contributed by atoms with Gasteiger partial charge in [0.1, 0.15) is 0 Å². The molecule has 6 nitrogen and oxygen atoms in total. The van der Waals surface area contributed by atoms with Crippen molar-refractivity contribution in [1.82, 2.24) is 0 Å². The summed E-state index contributed by atoms with van der Waals surface area (Å²) < 4.78 is 34.7. The minimum Gasteiger partial charge on any atom is -1.00 e. The maximum atomic E-state index is 10.9. The van der Waals surface area contributed by atoms with E-state index < -0.39 is 15.1 Å². The van der Waals surface area contributed by atoms with Crippen molar-refractivity contribution in [2.24, 2.45) is 0 Å². The third-order valence-electron chi connectivity index (χ3n) is 0.369. The molecule has 0 radical (unpaired) electrons. The van der Waals surface area contributed by atoms with Crippen LogP contribution in [0.2, 0.25) is 0 Å². The molecule has 0 rings (SSSR count). The molecule has 2 N–H and O–H groups in total. The SMILES string of the molecule is O=P(O)(O)OB(OF)OF.[H-].[Li+].